The number of nitrogens with one attached hydrogen (secondary N) is 1. The van der Waals surface area contributed by atoms with E-state index in [0.29, 0.717) is 17.0 Å². The van der Waals surface area contributed by atoms with E-state index in [0.717, 1.165) is 5.56 Å². The highest BCUT2D eigenvalue weighted by atomic mass is 16.5. The van der Waals surface area contributed by atoms with Gasteiger partial charge in [-0.25, -0.2) is 0 Å². The summed E-state index contributed by atoms with van der Waals surface area (Å²) in [5.41, 5.74) is 7.64. The van der Waals surface area contributed by atoms with Gasteiger partial charge in [-0.05, 0) is 42.8 Å². The van der Waals surface area contributed by atoms with Crippen molar-refractivity contribution in [2.75, 3.05) is 12.8 Å². The molecule has 0 aliphatic carbocycles. The fourth-order valence-electron chi connectivity index (χ4n) is 1.87. The second-order valence-electron chi connectivity index (χ2n) is 4.43. The van der Waals surface area contributed by atoms with E-state index in [2.05, 4.69) is 10.3 Å². The summed E-state index contributed by atoms with van der Waals surface area (Å²) in [5.74, 6) is 0.367. The molecule has 1 aromatic carbocycles. The van der Waals surface area contributed by atoms with Crippen molar-refractivity contribution in [2.45, 2.75) is 13.0 Å². The summed E-state index contributed by atoms with van der Waals surface area (Å²) >= 11 is 0. The Kier molecular flexibility index (Phi) is 4.20. The van der Waals surface area contributed by atoms with Crippen LogP contribution in [0.2, 0.25) is 0 Å². The molecule has 0 saturated heterocycles. The van der Waals surface area contributed by atoms with Crippen molar-refractivity contribution in [3.63, 3.8) is 0 Å². The number of aromatic nitrogens is 1. The maximum Gasteiger partial charge on any atom is 0.253 e. The van der Waals surface area contributed by atoms with Crippen molar-refractivity contribution < 1.29 is 9.53 Å². The van der Waals surface area contributed by atoms with Crippen molar-refractivity contribution in [1.29, 1.82) is 0 Å². The van der Waals surface area contributed by atoms with Crippen molar-refractivity contribution in [3.05, 3.63) is 53.9 Å². The van der Waals surface area contributed by atoms with Crippen LogP contribution in [0.15, 0.2) is 42.7 Å². The molecule has 5 heteroatoms. The average Bonchev–Trinajstić information content (AvgIpc) is 2.48. The van der Waals surface area contributed by atoms with Gasteiger partial charge in [-0.15, -0.1) is 0 Å². The zero-order valence-electron chi connectivity index (χ0n) is 11.5. The number of nitrogens with zero attached hydrogens (tertiary/aromatic N) is 1. The number of rotatable bonds is 4. The minimum absolute atomic E-state index is 0.129. The molecule has 1 aromatic heterocycles. The van der Waals surface area contributed by atoms with Gasteiger partial charge in [0.15, 0.2) is 0 Å². The van der Waals surface area contributed by atoms with Gasteiger partial charge in [0.25, 0.3) is 5.91 Å². The summed E-state index contributed by atoms with van der Waals surface area (Å²) in [4.78, 5) is 16.2. The number of nitrogen functional groups attached to an aromatic ring is 1. The van der Waals surface area contributed by atoms with Gasteiger partial charge in [-0.3, -0.25) is 9.78 Å². The third-order valence-electron chi connectivity index (χ3n) is 3.06. The van der Waals surface area contributed by atoms with Gasteiger partial charge in [-0.1, -0.05) is 0 Å². The number of pyridine rings is 1. The highest BCUT2D eigenvalue weighted by Crippen LogP contribution is 2.20. The zero-order valence-corrected chi connectivity index (χ0v) is 11.5. The van der Waals surface area contributed by atoms with Crippen LogP contribution in [0.3, 0.4) is 0 Å². The molecular weight excluding hydrogens is 254 g/mol. The Hall–Kier alpha value is -2.56. The average molecular weight is 271 g/mol. The van der Waals surface area contributed by atoms with Gasteiger partial charge in [0.2, 0.25) is 0 Å². The minimum atomic E-state index is -0.231. The molecule has 1 heterocycles. The topological polar surface area (TPSA) is 77.2 Å². The number of hydrogen-bond donors (Lipinski definition) is 2. The Morgan fingerprint density at radius 2 is 2.00 bits per heavy atom. The van der Waals surface area contributed by atoms with E-state index in [-0.39, 0.29) is 11.9 Å². The number of ether oxygens (including phenoxy) is 1. The second kappa shape index (κ2) is 6.06. The van der Waals surface area contributed by atoms with Gasteiger partial charge in [0.1, 0.15) is 5.75 Å². The van der Waals surface area contributed by atoms with E-state index in [1.807, 2.05) is 19.1 Å². The Morgan fingerprint density at radius 3 is 2.65 bits per heavy atom. The van der Waals surface area contributed by atoms with E-state index in [1.165, 1.54) is 0 Å². The molecule has 2 aromatic rings. The molecule has 0 bridgehead atoms. The third kappa shape index (κ3) is 3.06. The summed E-state index contributed by atoms with van der Waals surface area (Å²) < 4.78 is 5.11. The molecule has 2 rings (SSSR count). The van der Waals surface area contributed by atoms with E-state index >= 15 is 0 Å². The molecule has 0 spiro atoms. The zero-order chi connectivity index (χ0) is 14.5. The molecule has 0 radical (unpaired) electrons. The summed E-state index contributed by atoms with van der Waals surface area (Å²) in [6.07, 6.45) is 3.38. The highest BCUT2D eigenvalue weighted by molar-refractivity contribution is 5.99. The van der Waals surface area contributed by atoms with Crippen molar-refractivity contribution in [2.24, 2.45) is 0 Å². The van der Waals surface area contributed by atoms with Crippen LogP contribution in [0.4, 0.5) is 5.69 Å². The molecule has 0 fully saturated rings. The number of carbonyl (C=O) groups excluding carboxylic acids is 1. The predicted octanol–water partition coefficient (Wildman–Crippen LogP) is 2.16. The highest BCUT2D eigenvalue weighted by Gasteiger charge is 2.14. The van der Waals surface area contributed by atoms with Crippen LogP contribution in [-0.4, -0.2) is 18.0 Å². The molecule has 0 aliphatic rings. The van der Waals surface area contributed by atoms with Gasteiger partial charge >= 0.3 is 0 Å². The number of hydrogen-bond acceptors (Lipinski definition) is 4. The molecule has 1 atom stereocenters. The fraction of sp³-hybridized carbons (Fsp3) is 0.200. The molecule has 5 nitrogen and oxygen atoms in total. The maximum absolute atomic E-state index is 12.3. The molecule has 1 amide bonds. The molecule has 3 N–H and O–H groups in total. The monoisotopic (exact) mass is 271 g/mol. The SMILES string of the molecule is COc1ccc(N)c(C(=O)N[C@H](C)c2ccncc2)c1. The Morgan fingerprint density at radius 1 is 1.30 bits per heavy atom. The largest absolute Gasteiger partial charge is 0.497 e. The van der Waals surface area contributed by atoms with E-state index in [1.54, 1.807) is 37.7 Å². The van der Waals surface area contributed by atoms with Crippen LogP contribution in [0.1, 0.15) is 28.9 Å². The van der Waals surface area contributed by atoms with Crippen LogP contribution in [-0.2, 0) is 0 Å². The second-order valence-corrected chi connectivity index (χ2v) is 4.43. The Labute approximate surface area is 117 Å². The Balaban J connectivity index is 2.16. The first-order chi connectivity index (χ1) is 9.61. The summed E-state index contributed by atoms with van der Waals surface area (Å²) in [5, 5.41) is 2.90. The normalized spacial score (nSPS) is 11.7. The molecule has 0 saturated carbocycles. The van der Waals surface area contributed by atoms with Crippen molar-refractivity contribution >= 4 is 11.6 Å². The first kappa shape index (κ1) is 13.9. The standard InChI is InChI=1S/C15H17N3O2/c1-10(11-5-7-17-8-6-11)18-15(19)13-9-12(20-2)3-4-14(13)16/h3-10H,16H2,1-2H3,(H,18,19)/t10-/m1/s1. The Bertz CT molecular complexity index is 599. The van der Waals surface area contributed by atoms with E-state index < -0.39 is 0 Å². The predicted molar refractivity (Wildman–Crippen MR) is 77.5 cm³/mol. The molecule has 20 heavy (non-hydrogen) atoms. The fourth-order valence-corrected chi connectivity index (χ4v) is 1.87. The number of nitrogens with two attached hydrogens (primary N) is 1. The first-order valence-corrected chi connectivity index (χ1v) is 6.26. The first-order valence-electron chi connectivity index (χ1n) is 6.26. The number of anilines is 1. The van der Waals surface area contributed by atoms with Crippen LogP contribution in [0.5, 0.6) is 5.75 Å². The molecule has 0 aliphatic heterocycles. The smallest absolute Gasteiger partial charge is 0.253 e. The molecular formula is C15H17N3O2. The van der Waals surface area contributed by atoms with Gasteiger partial charge in [0, 0.05) is 18.1 Å². The number of carbonyl (C=O) groups is 1. The van der Waals surface area contributed by atoms with Crippen LogP contribution in [0, 0.1) is 0 Å². The number of benzene rings is 1. The van der Waals surface area contributed by atoms with Crippen LogP contribution in [0.25, 0.3) is 0 Å². The van der Waals surface area contributed by atoms with E-state index in [9.17, 15) is 4.79 Å². The summed E-state index contributed by atoms with van der Waals surface area (Å²) in [6.45, 7) is 1.91. The lowest BCUT2D eigenvalue weighted by Gasteiger charge is -2.15. The minimum Gasteiger partial charge on any atom is -0.497 e. The maximum atomic E-state index is 12.3. The lowest BCUT2D eigenvalue weighted by molar-refractivity contribution is 0.0940. The van der Waals surface area contributed by atoms with Crippen molar-refractivity contribution in [3.8, 4) is 5.75 Å². The quantitative estimate of drug-likeness (QED) is 0.835. The van der Waals surface area contributed by atoms with Gasteiger partial charge in [-0.2, -0.15) is 0 Å². The van der Waals surface area contributed by atoms with Crippen LogP contribution >= 0.6 is 0 Å². The van der Waals surface area contributed by atoms with E-state index in [4.69, 9.17) is 10.5 Å². The summed E-state index contributed by atoms with van der Waals surface area (Å²) in [6, 6.07) is 8.60. The summed E-state index contributed by atoms with van der Waals surface area (Å²) in [7, 11) is 1.55. The molecule has 0 unspecified atom stereocenters. The van der Waals surface area contributed by atoms with Crippen LogP contribution < -0.4 is 15.8 Å². The van der Waals surface area contributed by atoms with Gasteiger partial charge < -0.3 is 15.8 Å². The molecule has 104 valence electrons. The lowest BCUT2D eigenvalue weighted by atomic mass is 10.1. The van der Waals surface area contributed by atoms with Gasteiger partial charge in [0.05, 0.1) is 18.7 Å². The third-order valence-corrected chi connectivity index (χ3v) is 3.06. The number of methoxy groups -OCH3 is 1. The number of amides is 1. The lowest BCUT2D eigenvalue weighted by Crippen LogP contribution is -2.27. The van der Waals surface area contributed by atoms with Crippen molar-refractivity contribution in [1.82, 2.24) is 10.3 Å².